The van der Waals surface area contributed by atoms with E-state index in [1.165, 1.54) is 6.92 Å². The van der Waals surface area contributed by atoms with Crippen LogP contribution in [0.1, 0.15) is 33.2 Å². The Hall–Kier alpha value is -3.06. The van der Waals surface area contributed by atoms with E-state index in [4.69, 9.17) is 0 Å². The summed E-state index contributed by atoms with van der Waals surface area (Å²) in [4.78, 5) is 25.2. The van der Waals surface area contributed by atoms with E-state index in [9.17, 15) is 9.59 Å². The highest BCUT2D eigenvalue weighted by atomic mass is 16.1. The van der Waals surface area contributed by atoms with E-state index in [0.717, 1.165) is 11.3 Å². The molecule has 2 aromatic carbocycles. The number of benzene rings is 2. The summed E-state index contributed by atoms with van der Waals surface area (Å²) >= 11 is 0. The minimum Gasteiger partial charge on any atom is -0.378 e. The smallest absolute Gasteiger partial charge is 0.252 e. The second-order valence-electron chi connectivity index (χ2n) is 5.56. The number of ketones is 1. The lowest BCUT2D eigenvalue weighted by molar-refractivity contribution is 0.0957. The van der Waals surface area contributed by atoms with Gasteiger partial charge in [0.15, 0.2) is 5.78 Å². The second kappa shape index (κ2) is 7.98. The van der Waals surface area contributed by atoms with Crippen LogP contribution >= 0.6 is 0 Å². The summed E-state index contributed by atoms with van der Waals surface area (Å²) in [7, 11) is 3.90. The Labute approximate surface area is 142 Å². The van der Waals surface area contributed by atoms with E-state index >= 15 is 0 Å². The lowest BCUT2D eigenvalue weighted by Gasteiger charge is -2.12. The Kier molecular flexibility index (Phi) is 5.75. The summed E-state index contributed by atoms with van der Waals surface area (Å²) in [6.07, 6.45) is 0. The van der Waals surface area contributed by atoms with Crippen molar-refractivity contribution in [1.29, 1.82) is 0 Å². The van der Waals surface area contributed by atoms with E-state index in [2.05, 4.69) is 17.2 Å². The molecule has 0 aliphatic heterocycles. The monoisotopic (exact) mass is 320 g/mol. The Bertz CT molecular complexity index is 779. The summed E-state index contributed by atoms with van der Waals surface area (Å²) in [6.45, 7) is 1.80. The molecule has 0 spiro atoms. The van der Waals surface area contributed by atoms with Gasteiger partial charge in [0.25, 0.3) is 5.91 Å². The van der Waals surface area contributed by atoms with Crippen molar-refractivity contribution in [3.63, 3.8) is 0 Å². The van der Waals surface area contributed by atoms with Gasteiger partial charge < -0.3 is 10.2 Å². The van der Waals surface area contributed by atoms with Crippen molar-refractivity contribution in [2.45, 2.75) is 6.92 Å². The van der Waals surface area contributed by atoms with Gasteiger partial charge in [-0.05, 0) is 43.3 Å². The average Bonchev–Trinajstić information content (AvgIpc) is 2.59. The Balaban J connectivity index is 1.89. The van der Waals surface area contributed by atoms with Crippen molar-refractivity contribution in [3.8, 4) is 11.8 Å². The van der Waals surface area contributed by atoms with Crippen molar-refractivity contribution in [2.24, 2.45) is 0 Å². The molecule has 1 N–H and O–H groups in total. The molecule has 24 heavy (non-hydrogen) atoms. The van der Waals surface area contributed by atoms with Crippen molar-refractivity contribution >= 4 is 17.4 Å². The van der Waals surface area contributed by atoms with E-state index in [1.807, 2.05) is 31.1 Å². The number of hydrogen-bond donors (Lipinski definition) is 1. The van der Waals surface area contributed by atoms with Gasteiger partial charge in [-0.2, -0.15) is 0 Å². The maximum absolute atomic E-state index is 12.0. The van der Waals surface area contributed by atoms with Gasteiger partial charge in [0.1, 0.15) is 0 Å². The second-order valence-corrected chi connectivity index (χ2v) is 5.56. The zero-order chi connectivity index (χ0) is 17.5. The van der Waals surface area contributed by atoms with Gasteiger partial charge in [-0.25, -0.2) is 0 Å². The highest BCUT2D eigenvalue weighted by molar-refractivity contribution is 5.95. The number of rotatable bonds is 4. The van der Waals surface area contributed by atoms with E-state index in [0.29, 0.717) is 11.1 Å². The molecule has 0 aliphatic carbocycles. The molecule has 0 aliphatic rings. The zero-order valence-corrected chi connectivity index (χ0v) is 14.1. The maximum atomic E-state index is 12.0. The highest BCUT2D eigenvalue weighted by Gasteiger charge is 2.04. The van der Waals surface area contributed by atoms with Gasteiger partial charge in [0, 0.05) is 36.5 Å². The molecule has 0 atom stereocenters. The Morgan fingerprint density at radius 1 is 0.958 bits per heavy atom. The molecule has 2 rings (SSSR count). The third kappa shape index (κ3) is 4.72. The minimum absolute atomic E-state index is 0.0297. The third-order valence-corrected chi connectivity index (χ3v) is 3.51. The van der Waals surface area contributed by atoms with Crippen molar-refractivity contribution in [3.05, 3.63) is 65.2 Å². The molecule has 0 aromatic heterocycles. The lowest BCUT2D eigenvalue weighted by Crippen LogP contribution is -2.23. The van der Waals surface area contributed by atoms with Crippen LogP contribution in [0.4, 0.5) is 5.69 Å². The van der Waals surface area contributed by atoms with Gasteiger partial charge in [0.2, 0.25) is 0 Å². The van der Waals surface area contributed by atoms with Crippen LogP contribution in [0.15, 0.2) is 48.5 Å². The topological polar surface area (TPSA) is 49.4 Å². The number of hydrogen-bond acceptors (Lipinski definition) is 3. The minimum atomic E-state index is -0.151. The molecule has 0 bridgehead atoms. The summed E-state index contributed by atoms with van der Waals surface area (Å²) in [5.74, 6) is 5.74. The predicted molar refractivity (Wildman–Crippen MR) is 96.4 cm³/mol. The molecule has 0 heterocycles. The van der Waals surface area contributed by atoms with Gasteiger partial charge >= 0.3 is 0 Å². The quantitative estimate of drug-likeness (QED) is 0.696. The van der Waals surface area contributed by atoms with Crippen LogP contribution < -0.4 is 10.2 Å². The number of carbonyl (C=O) groups excluding carboxylic acids is 2. The van der Waals surface area contributed by atoms with Crippen molar-refractivity contribution in [1.82, 2.24) is 5.32 Å². The lowest BCUT2D eigenvalue weighted by atomic mass is 10.1. The molecule has 4 nitrogen and oxygen atoms in total. The van der Waals surface area contributed by atoms with Crippen LogP contribution in [0, 0.1) is 11.8 Å². The average molecular weight is 320 g/mol. The van der Waals surface area contributed by atoms with Crippen LogP contribution in [0.5, 0.6) is 0 Å². The fourth-order valence-corrected chi connectivity index (χ4v) is 2.07. The van der Waals surface area contributed by atoms with E-state index in [-0.39, 0.29) is 18.2 Å². The van der Waals surface area contributed by atoms with Crippen LogP contribution in [0.25, 0.3) is 0 Å². The Morgan fingerprint density at radius 3 is 2.08 bits per heavy atom. The first kappa shape index (κ1) is 17.3. The highest BCUT2D eigenvalue weighted by Crippen LogP contribution is 2.11. The SMILES string of the molecule is CC(=O)c1ccc(C#CCNC(=O)c2ccc(N(C)C)cc2)cc1. The van der Waals surface area contributed by atoms with Crippen LogP contribution in [-0.2, 0) is 0 Å². The molecule has 0 radical (unpaired) electrons. The van der Waals surface area contributed by atoms with Crippen LogP contribution in [-0.4, -0.2) is 32.3 Å². The van der Waals surface area contributed by atoms with Gasteiger partial charge in [-0.1, -0.05) is 24.0 Å². The molecular formula is C20H20N2O2. The molecule has 0 unspecified atom stereocenters. The fraction of sp³-hybridized carbons (Fsp3) is 0.200. The largest absolute Gasteiger partial charge is 0.378 e. The molecule has 1 amide bonds. The van der Waals surface area contributed by atoms with Crippen molar-refractivity contribution < 1.29 is 9.59 Å². The number of nitrogens with zero attached hydrogens (tertiary/aromatic N) is 1. The van der Waals surface area contributed by atoms with Crippen molar-refractivity contribution in [2.75, 3.05) is 25.5 Å². The van der Waals surface area contributed by atoms with Crippen LogP contribution in [0.2, 0.25) is 0 Å². The molecule has 0 saturated carbocycles. The number of nitrogens with one attached hydrogen (secondary N) is 1. The summed E-state index contributed by atoms with van der Waals surface area (Å²) in [5, 5.41) is 2.77. The first-order valence-electron chi connectivity index (χ1n) is 7.63. The molecule has 0 saturated heterocycles. The fourth-order valence-electron chi connectivity index (χ4n) is 2.07. The molecule has 2 aromatic rings. The first-order chi connectivity index (χ1) is 11.5. The third-order valence-electron chi connectivity index (χ3n) is 3.51. The van der Waals surface area contributed by atoms with Gasteiger partial charge in [-0.15, -0.1) is 0 Å². The summed E-state index contributed by atoms with van der Waals surface area (Å²) in [6, 6.07) is 14.5. The standard InChI is InChI=1S/C20H20N2O2/c1-15(23)17-8-6-16(7-9-17)5-4-14-21-20(24)18-10-12-19(13-11-18)22(2)3/h6-13H,14H2,1-3H3,(H,21,24). The number of amides is 1. The molecule has 0 fully saturated rings. The van der Waals surface area contributed by atoms with E-state index in [1.54, 1.807) is 36.4 Å². The summed E-state index contributed by atoms with van der Waals surface area (Å²) in [5.41, 5.74) is 3.12. The van der Waals surface area contributed by atoms with E-state index < -0.39 is 0 Å². The molecular weight excluding hydrogens is 300 g/mol. The number of carbonyl (C=O) groups is 2. The zero-order valence-electron chi connectivity index (χ0n) is 14.1. The van der Waals surface area contributed by atoms with Crippen LogP contribution in [0.3, 0.4) is 0 Å². The number of anilines is 1. The molecule has 122 valence electrons. The normalized spacial score (nSPS) is 9.62. The summed E-state index contributed by atoms with van der Waals surface area (Å²) < 4.78 is 0. The first-order valence-corrected chi connectivity index (χ1v) is 7.63. The maximum Gasteiger partial charge on any atom is 0.252 e. The Morgan fingerprint density at radius 2 is 1.54 bits per heavy atom. The van der Waals surface area contributed by atoms with Gasteiger partial charge in [0.05, 0.1) is 6.54 Å². The van der Waals surface area contributed by atoms with Gasteiger partial charge in [-0.3, -0.25) is 9.59 Å². The number of Topliss-reactive ketones (excluding diaryl/α,β-unsaturated/α-hetero) is 1. The predicted octanol–water partition coefficient (Wildman–Crippen LogP) is 2.74. The molecule has 4 heteroatoms.